The van der Waals surface area contributed by atoms with Crippen molar-refractivity contribution in [2.75, 3.05) is 13.2 Å². The molecule has 0 fully saturated rings. The molecule has 1 aliphatic rings. The summed E-state index contributed by atoms with van der Waals surface area (Å²) in [4.78, 5) is 0. The first-order valence-corrected chi connectivity index (χ1v) is 8.70. The lowest BCUT2D eigenvalue weighted by Crippen LogP contribution is -2.06. The molecule has 0 bridgehead atoms. The lowest BCUT2D eigenvalue weighted by atomic mass is 9.96. The van der Waals surface area contributed by atoms with Crippen molar-refractivity contribution in [3.05, 3.63) is 23.3 Å². The molecule has 19 heavy (non-hydrogen) atoms. The van der Waals surface area contributed by atoms with E-state index in [0.717, 1.165) is 12.0 Å². The highest BCUT2D eigenvalue weighted by molar-refractivity contribution is 8.13. The van der Waals surface area contributed by atoms with Gasteiger partial charge in [0, 0.05) is 22.7 Å². The van der Waals surface area contributed by atoms with E-state index < -0.39 is 9.05 Å². The molecule has 0 atom stereocenters. The van der Waals surface area contributed by atoms with Crippen molar-refractivity contribution in [2.24, 2.45) is 0 Å². The molecule has 0 spiro atoms. The molecule has 4 nitrogen and oxygen atoms in total. The first-order chi connectivity index (χ1) is 8.88. The van der Waals surface area contributed by atoms with E-state index >= 15 is 0 Å². The molecule has 1 heterocycles. The standard InChI is InChI=1S/C13H17ClO4S/c1-9(2)12-10(8-19(14,15)16)4-5-11-13(12)18-7-3-6-17-11/h4-5,9H,3,6-8H2,1-2H3. The second kappa shape index (κ2) is 5.59. The number of ether oxygens (including phenoxy) is 2. The second-order valence-corrected chi connectivity index (χ2v) is 7.63. The van der Waals surface area contributed by atoms with Crippen LogP contribution in [0.3, 0.4) is 0 Å². The first-order valence-electron chi connectivity index (χ1n) is 6.22. The van der Waals surface area contributed by atoms with Gasteiger partial charge in [0.2, 0.25) is 9.05 Å². The maximum atomic E-state index is 11.3. The second-order valence-electron chi connectivity index (χ2n) is 4.85. The SMILES string of the molecule is CC(C)c1c(CS(=O)(=O)Cl)ccc2c1OCCCO2. The van der Waals surface area contributed by atoms with Crippen molar-refractivity contribution in [1.29, 1.82) is 0 Å². The molecule has 0 aliphatic carbocycles. The van der Waals surface area contributed by atoms with Gasteiger partial charge in [-0.25, -0.2) is 8.42 Å². The fourth-order valence-corrected chi connectivity index (χ4v) is 3.22. The minimum absolute atomic E-state index is 0.130. The van der Waals surface area contributed by atoms with Gasteiger partial charge >= 0.3 is 0 Å². The van der Waals surface area contributed by atoms with Crippen LogP contribution in [0.5, 0.6) is 11.5 Å². The summed E-state index contributed by atoms with van der Waals surface area (Å²) in [6, 6.07) is 3.51. The fraction of sp³-hybridized carbons (Fsp3) is 0.538. The number of benzene rings is 1. The van der Waals surface area contributed by atoms with Gasteiger partial charge in [-0.2, -0.15) is 0 Å². The van der Waals surface area contributed by atoms with Gasteiger partial charge in [0.15, 0.2) is 11.5 Å². The molecule has 6 heteroatoms. The Hall–Kier alpha value is -0.940. The normalized spacial score (nSPS) is 15.4. The van der Waals surface area contributed by atoms with Crippen molar-refractivity contribution in [1.82, 2.24) is 0 Å². The summed E-state index contributed by atoms with van der Waals surface area (Å²) in [6.07, 6.45) is 0.815. The number of rotatable bonds is 3. The van der Waals surface area contributed by atoms with Gasteiger partial charge in [-0.05, 0) is 17.5 Å². The molecule has 0 unspecified atom stereocenters. The zero-order chi connectivity index (χ0) is 14.0. The van der Waals surface area contributed by atoms with E-state index in [1.807, 2.05) is 13.8 Å². The molecule has 1 aromatic carbocycles. The third-order valence-electron chi connectivity index (χ3n) is 2.95. The van der Waals surface area contributed by atoms with Crippen molar-refractivity contribution < 1.29 is 17.9 Å². The van der Waals surface area contributed by atoms with Gasteiger partial charge in [-0.15, -0.1) is 0 Å². The molecule has 1 aromatic rings. The van der Waals surface area contributed by atoms with Crippen molar-refractivity contribution in [3.8, 4) is 11.5 Å². The molecular weight excluding hydrogens is 288 g/mol. The summed E-state index contributed by atoms with van der Waals surface area (Å²) < 4.78 is 34.0. The van der Waals surface area contributed by atoms with Gasteiger partial charge < -0.3 is 9.47 Å². The van der Waals surface area contributed by atoms with Gasteiger partial charge in [-0.1, -0.05) is 19.9 Å². The van der Waals surface area contributed by atoms with Crippen LogP contribution in [-0.4, -0.2) is 21.6 Å². The number of hydrogen-bond donors (Lipinski definition) is 0. The Morgan fingerprint density at radius 3 is 2.58 bits per heavy atom. The van der Waals surface area contributed by atoms with E-state index in [1.54, 1.807) is 12.1 Å². The van der Waals surface area contributed by atoms with Crippen LogP contribution < -0.4 is 9.47 Å². The molecule has 2 rings (SSSR count). The summed E-state index contributed by atoms with van der Waals surface area (Å²) in [7, 11) is 1.77. The molecule has 0 saturated heterocycles. The molecule has 0 saturated carbocycles. The molecular formula is C13H17ClO4S. The highest BCUT2D eigenvalue weighted by atomic mass is 35.7. The Morgan fingerprint density at radius 1 is 1.26 bits per heavy atom. The van der Waals surface area contributed by atoms with E-state index in [2.05, 4.69) is 0 Å². The monoisotopic (exact) mass is 304 g/mol. The van der Waals surface area contributed by atoms with Crippen LogP contribution in [-0.2, 0) is 14.8 Å². The van der Waals surface area contributed by atoms with Crippen molar-refractivity contribution >= 4 is 19.7 Å². The third kappa shape index (κ3) is 3.54. The Bertz CT molecular complexity index is 566. The lowest BCUT2D eigenvalue weighted by Gasteiger charge is -2.18. The van der Waals surface area contributed by atoms with E-state index in [-0.39, 0.29) is 11.7 Å². The Labute approximate surface area is 118 Å². The molecule has 106 valence electrons. The smallest absolute Gasteiger partial charge is 0.236 e. The topological polar surface area (TPSA) is 52.6 Å². The average Bonchev–Trinajstić information content (AvgIpc) is 2.50. The zero-order valence-corrected chi connectivity index (χ0v) is 12.6. The molecule has 0 N–H and O–H groups in total. The predicted octanol–water partition coefficient (Wildman–Crippen LogP) is 3.04. The minimum Gasteiger partial charge on any atom is -0.490 e. The fourth-order valence-electron chi connectivity index (χ4n) is 2.24. The summed E-state index contributed by atoms with van der Waals surface area (Å²) in [5.41, 5.74) is 1.54. The van der Waals surface area contributed by atoms with Crippen LogP contribution in [0.25, 0.3) is 0 Å². The van der Waals surface area contributed by atoms with Crippen LogP contribution in [0, 0.1) is 0 Å². The van der Waals surface area contributed by atoms with Crippen LogP contribution >= 0.6 is 10.7 Å². The number of hydrogen-bond acceptors (Lipinski definition) is 4. The predicted molar refractivity (Wildman–Crippen MR) is 74.6 cm³/mol. The van der Waals surface area contributed by atoms with E-state index in [1.165, 1.54) is 0 Å². The quantitative estimate of drug-likeness (QED) is 0.805. The Morgan fingerprint density at radius 2 is 1.95 bits per heavy atom. The Kier molecular flexibility index (Phi) is 4.26. The molecule has 0 aromatic heterocycles. The lowest BCUT2D eigenvalue weighted by molar-refractivity contribution is 0.295. The van der Waals surface area contributed by atoms with Crippen LogP contribution in [0.4, 0.5) is 0 Å². The maximum absolute atomic E-state index is 11.3. The molecule has 0 amide bonds. The van der Waals surface area contributed by atoms with E-state index in [0.29, 0.717) is 30.3 Å². The van der Waals surface area contributed by atoms with Gasteiger partial charge in [0.1, 0.15) is 0 Å². The number of halogens is 1. The first kappa shape index (κ1) is 14.5. The highest BCUT2D eigenvalue weighted by Gasteiger charge is 2.22. The summed E-state index contributed by atoms with van der Waals surface area (Å²) >= 11 is 0. The summed E-state index contributed by atoms with van der Waals surface area (Å²) in [6.45, 7) is 5.17. The molecule has 0 radical (unpaired) electrons. The minimum atomic E-state index is -3.59. The average molecular weight is 305 g/mol. The van der Waals surface area contributed by atoms with E-state index in [4.69, 9.17) is 20.2 Å². The molecule has 1 aliphatic heterocycles. The van der Waals surface area contributed by atoms with Crippen LogP contribution in [0.1, 0.15) is 37.3 Å². The van der Waals surface area contributed by atoms with E-state index in [9.17, 15) is 8.42 Å². The zero-order valence-electron chi connectivity index (χ0n) is 11.0. The highest BCUT2D eigenvalue weighted by Crippen LogP contribution is 2.40. The summed E-state index contributed by atoms with van der Waals surface area (Å²) in [5.74, 6) is 1.27. The van der Waals surface area contributed by atoms with Crippen molar-refractivity contribution in [3.63, 3.8) is 0 Å². The van der Waals surface area contributed by atoms with Crippen LogP contribution in [0.15, 0.2) is 12.1 Å². The van der Waals surface area contributed by atoms with Gasteiger partial charge in [-0.3, -0.25) is 0 Å². The van der Waals surface area contributed by atoms with Gasteiger partial charge in [0.25, 0.3) is 0 Å². The van der Waals surface area contributed by atoms with Crippen LogP contribution in [0.2, 0.25) is 0 Å². The van der Waals surface area contributed by atoms with Crippen molar-refractivity contribution in [2.45, 2.75) is 31.9 Å². The summed E-state index contributed by atoms with van der Waals surface area (Å²) in [5, 5.41) is 0. The maximum Gasteiger partial charge on any atom is 0.236 e. The third-order valence-corrected chi connectivity index (χ3v) is 3.93. The number of fused-ring (bicyclic) bond motifs is 1. The Balaban J connectivity index is 2.53. The largest absolute Gasteiger partial charge is 0.490 e. The van der Waals surface area contributed by atoms with Gasteiger partial charge in [0.05, 0.1) is 19.0 Å².